The summed E-state index contributed by atoms with van der Waals surface area (Å²) < 4.78 is 0. The van der Waals surface area contributed by atoms with Crippen molar-refractivity contribution in [2.75, 3.05) is 0 Å². The van der Waals surface area contributed by atoms with E-state index in [2.05, 4.69) is 37.3 Å². The fraction of sp³-hybridized carbons (Fsp3) is 0.667. The van der Waals surface area contributed by atoms with E-state index in [1.807, 2.05) is 13.0 Å². The lowest BCUT2D eigenvalue weighted by Gasteiger charge is -2.10. The van der Waals surface area contributed by atoms with E-state index in [1.54, 1.807) is 0 Å². The Bertz CT molecular complexity index is 279. The van der Waals surface area contributed by atoms with Crippen LogP contribution in [0, 0.1) is 0 Å². The Morgan fingerprint density at radius 2 is 1.50 bits per heavy atom. The summed E-state index contributed by atoms with van der Waals surface area (Å²) >= 11 is 0. The number of rotatable bonds is 12. The van der Waals surface area contributed by atoms with Gasteiger partial charge in [0.2, 0.25) is 0 Å². The molecule has 3 N–H and O–H groups in total. The molecule has 0 aromatic heterocycles. The molecule has 0 saturated carbocycles. The molecule has 0 radical (unpaired) electrons. The van der Waals surface area contributed by atoms with Crippen LogP contribution < -0.4 is 5.73 Å². The van der Waals surface area contributed by atoms with Gasteiger partial charge >= 0.3 is 0 Å². The Morgan fingerprint density at radius 3 is 2.10 bits per heavy atom. The molecular formula is C18H33NO. The molecule has 0 heterocycles. The number of hydrogen-bond donors (Lipinski definition) is 2. The van der Waals surface area contributed by atoms with Crippen LogP contribution in [0.1, 0.15) is 65.2 Å². The van der Waals surface area contributed by atoms with Crippen molar-refractivity contribution >= 4 is 0 Å². The van der Waals surface area contributed by atoms with Gasteiger partial charge in [-0.25, -0.2) is 0 Å². The Morgan fingerprint density at radius 1 is 0.900 bits per heavy atom. The molecule has 2 heteroatoms. The predicted molar refractivity (Wildman–Crippen MR) is 89.7 cm³/mol. The molecule has 0 bridgehead atoms. The molecule has 0 rings (SSSR count). The van der Waals surface area contributed by atoms with Crippen molar-refractivity contribution in [3.8, 4) is 0 Å². The third kappa shape index (κ3) is 13.6. The summed E-state index contributed by atoms with van der Waals surface area (Å²) in [5.41, 5.74) is 5.58. The highest BCUT2D eigenvalue weighted by Crippen LogP contribution is 2.02. The Balaban J connectivity index is 3.41. The molecule has 0 aliphatic rings. The van der Waals surface area contributed by atoms with Gasteiger partial charge in [0, 0.05) is 6.04 Å². The molecule has 2 atom stereocenters. The number of nitrogens with two attached hydrogens (primary N) is 1. The van der Waals surface area contributed by atoms with E-state index >= 15 is 0 Å². The minimum atomic E-state index is -0.417. The quantitative estimate of drug-likeness (QED) is 0.408. The van der Waals surface area contributed by atoms with Crippen LogP contribution in [0.2, 0.25) is 0 Å². The molecule has 20 heavy (non-hydrogen) atoms. The molecule has 2 nitrogen and oxygen atoms in total. The van der Waals surface area contributed by atoms with Crippen LogP contribution in [0.25, 0.3) is 0 Å². The second kappa shape index (κ2) is 14.5. The molecule has 0 aliphatic carbocycles. The van der Waals surface area contributed by atoms with E-state index in [0.717, 1.165) is 19.3 Å². The van der Waals surface area contributed by atoms with E-state index in [1.165, 1.54) is 25.7 Å². The highest BCUT2D eigenvalue weighted by Gasteiger charge is 2.05. The zero-order valence-corrected chi connectivity index (χ0v) is 13.3. The molecule has 0 aromatic rings. The lowest BCUT2D eigenvalue weighted by atomic mass is 10.1. The average Bonchev–Trinajstić information content (AvgIpc) is 2.43. The van der Waals surface area contributed by atoms with Gasteiger partial charge in [-0.05, 0) is 45.4 Å². The van der Waals surface area contributed by atoms with Crippen LogP contribution in [0.4, 0.5) is 0 Å². The van der Waals surface area contributed by atoms with Crippen LogP contribution >= 0.6 is 0 Å². The van der Waals surface area contributed by atoms with Crippen LogP contribution in [-0.2, 0) is 0 Å². The van der Waals surface area contributed by atoms with E-state index in [4.69, 9.17) is 5.73 Å². The van der Waals surface area contributed by atoms with Gasteiger partial charge in [-0.3, -0.25) is 0 Å². The van der Waals surface area contributed by atoms with Gasteiger partial charge in [-0.2, -0.15) is 0 Å². The summed E-state index contributed by atoms with van der Waals surface area (Å²) in [6.07, 6.45) is 21.7. The lowest BCUT2D eigenvalue weighted by Crippen LogP contribution is -2.30. The third-order valence-electron chi connectivity index (χ3n) is 3.23. The minimum absolute atomic E-state index is 0.149. The van der Waals surface area contributed by atoms with Crippen molar-refractivity contribution in [1.29, 1.82) is 0 Å². The summed E-state index contributed by atoms with van der Waals surface area (Å²) in [4.78, 5) is 0. The maximum atomic E-state index is 9.51. The van der Waals surface area contributed by atoms with Gasteiger partial charge in [0.1, 0.15) is 0 Å². The molecule has 0 spiro atoms. The lowest BCUT2D eigenvalue weighted by molar-refractivity contribution is 0.154. The van der Waals surface area contributed by atoms with Gasteiger partial charge in [0.05, 0.1) is 6.10 Å². The van der Waals surface area contributed by atoms with E-state index in [9.17, 15) is 5.11 Å². The third-order valence-corrected chi connectivity index (χ3v) is 3.23. The maximum Gasteiger partial charge on any atom is 0.0722 e. The zero-order chi connectivity index (χ0) is 15.1. The predicted octanol–water partition coefficient (Wildman–Crippen LogP) is 4.50. The Labute approximate surface area is 125 Å². The number of unbranched alkanes of at least 4 members (excludes halogenated alkanes) is 4. The first-order valence-corrected chi connectivity index (χ1v) is 8.07. The summed E-state index contributed by atoms with van der Waals surface area (Å²) in [7, 11) is 0. The first-order valence-electron chi connectivity index (χ1n) is 8.07. The standard InChI is InChI=1S/C18H33NO/c1-3-4-5-6-7-8-9-10-11-12-13-14-15-16-18(20)17(2)19/h7-8,10-11,14-15,17-18,20H,3-6,9,12-13,16,19H2,1-2H3. The van der Waals surface area contributed by atoms with Crippen molar-refractivity contribution in [2.45, 2.75) is 77.4 Å². The number of aliphatic hydroxyl groups is 1. The van der Waals surface area contributed by atoms with Crippen LogP contribution in [0.15, 0.2) is 36.5 Å². The summed E-state index contributed by atoms with van der Waals surface area (Å²) in [5.74, 6) is 0. The number of hydrogen-bond acceptors (Lipinski definition) is 2. The highest BCUT2D eigenvalue weighted by molar-refractivity contribution is 4.94. The second-order valence-corrected chi connectivity index (χ2v) is 5.39. The Kier molecular flexibility index (Phi) is 13.9. The van der Waals surface area contributed by atoms with Crippen LogP contribution in [0.5, 0.6) is 0 Å². The van der Waals surface area contributed by atoms with E-state index in [-0.39, 0.29) is 6.04 Å². The summed E-state index contributed by atoms with van der Waals surface area (Å²) in [6.45, 7) is 4.06. The first kappa shape index (κ1) is 19.1. The van der Waals surface area contributed by atoms with Crippen molar-refractivity contribution < 1.29 is 5.11 Å². The average molecular weight is 279 g/mol. The molecule has 0 amide bonds. The number of allylic oxidation sites excluding steroid dienone is 5. The van der Waals surface area contributed by atoms with Crippen LogP contribution in [0.3, 0.4) is 0 Å². The monoisotopic (exact) mass is 279 g/mol. The molecule has 0 aromatic carbocycles. The highest BCUT2D eigenvalue weighted by atomic mass is 16.3. The zero-order valence-electron chi connectivity index (χ0n) is 13.3. The van der Waals surface area contributed by atoms with Crippen molar-refractivity contribution in [2.24, 2.45) is 5.73 Å². The van der Waals surface area contributed by atoms with Crippen molar-refractivity contribution in [3.05, 3.63) is 36.5 Å². The van der Waals surface area contributed by atoms with Gasteiger partial charge in [0.25, 0.3) is 0 Å². The van der Waals surface area contributed by atoms with Crippen LogP contribution in [-0.4, -0.2) is 17.3 Å². The first-order chi connectivity index (χ1) is 9.68. The SMILES string of the molecule is CCCCCC=CCC=CCCC=CCC(O)C(C)N. The fourth-order valence-corrected chi connectivity index (χ4v) is 1.78. The smallest absolute Gasteiger partial charge is 0.0722 e. The maximum absolute atomic E-state index is 9.51. The molecule has 0 fully saturated rings. The minimum Gasteiger partial charge on any atom is -0.391 e. The van der Waals surface area contributed by atoms with Gasteiger partial charge in [-0.1, -0.05) is 56.2 Å². The molecule has 0 aliphatic heterocycles. The van der Waals surface area contributed by atoms with Gasteiger partial charge in [-0.15, -0.1) is 0 Å². The van der Waals surface area contributed by atoms with E-state index < -0.39 is 6.10 Å². The van der Waals surface area contributed by atoms with Gasteiger partial charge in [0.15, 0.2) is 0 Å². The molecule has 0 saturated heterocycles. The second-order valence-electron chi connectivity index (χ2n) is 5.39. The Hall–Kier alpha value is -0.860. The van der Waals surface area contributed by atoms with Crippen molar-refractivity contribution in [3.63, 3.8) is 0 Å². The molecular weight excluding hydrogens is 246 g/mol. The molecule has 116 valence electrons. The number of aliphatic hydroxyl groups excluding tert-OH is 1. The van der Waals surface area contributed by atoms with E-state index in [0.29, 0.717) is 6.42 Å². The van der Waals surface area contributed by atoms with Crippen molar-refractivity contribution in [1.82, 2.24) is 0 Å². The normalized spacial score (nSPS) is 15.6. The summed E-state index contributed by atoms with van der Waals surface area (Å²) in [5, 5.41) is 9.51. The molecule has 2 unspecified atom stereocenters. The van der Waals surface area contributed by atoms with Gasteiger partial charge < -0.3 is 10.8 Å². The summed E-state index contributed by atoms with van der Waals surface area (Å²) in [6, 6.07) is -0.149. The fourth-order valence-electron chi connectivity index (χ4n) is 1.78. The topological polar surface area (TPSA) is 46.2 Å². The largest absolute Gasteiger partial charge is 0.391 e.